The average Bonchev–Trinajstić information content (AvgIpc) is 2.18. The van der Waals surface area contributed by atoms with Gasteiger partial charge in [0.2, 0.25) is 0 Å². The highest BCUT2D eigenvalue weighted by Crippen LogP contribution is 1.81. The first-order valence-corrected chi connectivity index (χ1v) is 5.17. The second kappa shape index (κ2) is 12.2. The molecule has 0 atom stereocenters. The second-order valence-electron chi connectivity index (χ2n) is 2.79. The van der Waals surface area contributed by atoms with Gasteiger partial charge in [0.1, 0.15) is 0 Å². The number of hydrogen-bond donors (Lipinski definition) is 1. The summed E-state index contributed by atoms with van der Waals surface area (Å²) in [5.74, 6) is -0.780. The summed E-state index contributed by atoms with van der Waals surface area (Å²) in [5, 5.41) is 7.99. The van der Waals surface area contributed by atoms with Crippen molar-refractivity contribution < 1.29 is 9.90 Å². The highest BCUT2D eigenvalue weighted by atomic mass is 16.4. The third-order valence-electron chi connectivity index (χ3n) is 1.87. The maximum absolute atomic E-state index is 9.71. The van der Waals surface area contributed by atoms with E-state index < -0.39 is 5.97 Å². The van der Waals surface area contributed by atoms with Crippen molar-refractivity contribution in [2.75, 3.05) is 19.6 Å². The Balaban J connectivity index is 0. The number of allylic oxidation sites excluding steroid dienone is 1. The first-order chi connectivity index (χ1) is 6.62. The van der Waals surface area contributed by atoms with Crippen molar-refractivity contribution in [3.63, 3.8) is 0 Å². The standard InChI is InChI=1S/C6H15N.C5H8O2/c1-4-7(5-2)6-3;1-2-3-4-5(6)7/h4-6H2,1-3H3;2-3H,4H2,1H3,(H,6,7)/b;3-2+. The summed E-state index contributed by atoms with van der Waals surface area (Å²) in [6.45, 7) is 11.9. The van der Waals surface area contributed by atoms with Gasteiger partial charge in [-0.1, -0.05) is 32.9 Å². The Morgan fingerprint density at radius 1 is 1.21 bits per heavy atom. The van der Waals surface area contributed by atoms with Gasteiger partial charge < -0.3 is 10.0 Å². The summed E-state index contributed by atoms with van der Waals surface area (Å²) in [7, 11) is 0. The first-order valence-electron chi connectivity index (χ1n) is 5.17. The molecule has 0 fully saturated rings. The topological polar surface area (TPSA) is 40.5 Å². The number of carboxylic acid groups (broad SMARTS) is 1. The van der Waals surface area contributed by atoms with Crippen LogP contribution in [0.2, 0.25) is 0 Å². The van der Waals surface area contributed by atoms with Gasteiger partial charge in [0.15, 0.2) is 0 Å². The Bertz CT molecular complexity index is 146. The molecule has 0 unspecified atom stereocenters. The number of hydrogen-bond acceptors (Lipinski definition) is 2. The molecule has 0 aliphatic rings. The zero-order chi connectivity index (χ0) is 11.4. The van der Waals surface area contributed by atoms with Crippen LogP contribution in [-0.4, -0.2) is 35.6 Å². The summed E-state index contributed by atoms with van der Waals surface area (Å²) in [6, 6.07) is 0. The third-order valence-corrected chi connectivity index (χ3v) is 1.87. The zero-order valence-corrected chi connectivity index (χ0v) is 9.79. The van der Waals surface area contributed by atoms with Gasteiger partial charge in [-0.15, -0.1) is 0 Å². The molecule has 0 spiro atoms. The Morgan fingerprint density at radius 2 is 1.64 bits per heavy atom. The van der Waals surface area contributed by atoms with E-state index in [-0.39, 0.29) is 6.42 Å². The Kier molecular flexibility index (Phi) is 13.6. The Labute approximate surface area is 87.4 Å². The van der Waals surface area contributed by atoms with E-state index in [9.17, 15) is 4.79 Å². The highest BCUT2D eigenvalue weighted by molar-refractivity contribution is 5.68. The van der Waals surface area contributed by atoms with Crippen LogP contribution in [0.25, 0.3) is 0 Å². The Morgan fingerprint density at radius 3 is 1.71 bits per heavy atom. The van der Waals surface area contributed by atoms with Gasteiger partial charge in [0, 0.05) is 0 Å². The van der Waals surface area contributed by atoms with Crippen LogP contribution in [0, 0.1) is 0 Å². The van der Waals surface area contributed by atoms with Crippen molar-refractivity contribution in [3.8, 4) is 0 Å². The summed E-state index contributed by atoms with van der Waals surface area (Å²) in [6.07, 6.45) is 3.45. The maximum atomic E-state index is 9.71. The number of aliphatic carboxylic acids is 1. The quantitative estimate of drug-likeness (QED) is 0.694. The molecule has 0 bridgehead atoms. The average molecular weight is 201 g/mol. The van der Waals surface area contributed by atoms with Crippen LogP contribution in [0.1, 0.15) is 34.1 Å². The molecule has 0 aromatic heterocycles. The molecule has 0 saturated carbocycles. The SMILES string of the molecule is C/C=C/CC(=O)O.CCN(CC)CC. The monoisotopic (exact) mass is 201 g/mol. The molecule has 84 valence electrons. The summed E-state index contributed by atoms with van der Waals surface area (Å²) >= 11 is 0. The molecular weight excluding hydrogens is 178 g/mol. The molecule has 1 N–H and O–H groups in total. The van der Waals surface area contributed by atoms with E-state index in [1.54, 1.807) is 19.1 Å². The van der Waals surface area contributed by atoms with Crippen molar-refractivity contribution in [2.24, 2.45) is 0 Å². The summed E-state index contributed by atoms with van der Waals surface area (Å²) in [5.41, 5.74) is 0. The number of rotatable bonds is 5. The van der Waals surface area contributed by atoms with Crippen LogP contribution in [0.15, 0.2) is 12.2 Å². The molecule has 3 heteroatoms. The lowest BCUT2D eigenvalue weighted by atomic mass is 10.4. The molecule has 0 aliphatic heterocycles. The lowest BCUT2D eigenvalue weighted by Crippen LogP contribution is -2.21. The van der Waals surface area contributed by atoms with Gasteiger partial charge in [0.25, 0.3) is 0 Å². The molecular formula is C11H23NO2. The molecule has 0 aromatic carbocycles. The highest BCUT2D eigenvalue weighted by Gasteiger charge is 1.89. The van der Waals surface area contributed by atoms with Crippen molar-refractivity contribution in [3.05, 3.63) is 12.2 Å². The normalized spacial score (nSPS) is 10.1. The van der Waals surface area contributed by atoms with Gasteiger partial charge in [-0.25, -0.2) is 0 Å². The van der Waals surface area contributed by atoms with Crippen LogP contribution < -0.4 is 0 Å². The molecule has 0 rings (SSSR count). The first kappa shape index (κ1) is 15.6. The number of carbonyl (C=O) groups is 1. The maximum Gasteiger partial charge on any atom is 0.307 e. The van der Waals surface area contributed by atoms with Crippen molar-refractivity contribution in [2.45, 2.75) is 34.1 Å². The molecule has 0 aliphatic carbocycles. The molecule has 0 amide bonds. The minimum Gasteiger partial charge on any atom is -0.481 e. The van der Waals surface area contributed by atoms with Gasteiger partial charge in [-0.3, -0.25) is 4.79 Å². The van der Waals surface area contributed by atoms with Gasteiger partial charge >= 0.3 is 5.97 Å². The van der Waals surface area contributed by atoms with Crippen molar-refractivity contribution in [1.82, 2.24) is 4.90 Å². The second-order valence-corrected chi connectivity index (χ2v) is 2.79. The Hall–Kier alpha value is -0.830. The zero-order valence-electron chi connectivity index (χ0n) is 9.79. The molecule has 14 heavy (non-hydrogen) atoms. The van der Waals surface area contributed by atoms with E-state index >= 15 is 0 Å². The third kappa shape index (κ3) is 13.7. The molecule has 0 radical (unpaired) electrons. The van der Waals surface area contributed by atoms with Crippen LogP contribution in [0.5, 0.6) is 0 Å². The fourth-order valence-corrected chi connectivity index (χ4v) is 0.889. The fourth-order valence-electron chi connectivity index (χ4n) is 0.889. The van der Waals surface area contributed by atoms with Gasteiger partial charge in [-0.2, -0.15) is 0 Å². The number of nitrogens with zero attached hydrogens (tertiary/aromatic N) is 1. The van der Waals surface area contributed by atoms with Gasteiger partial charge in [0.05, 0.1) is 6.42 Å². The van der Waals surface area contributed by atoms with E-state index in [0.29, 0.717) is 0 Å². The smallest absolute Gasteiger partial charge is 0.307 e. The van der Waals surface area contributed by atoms with Crippen molar-refractivity contribution in [1.29, 1.82) is 0 Å². The molecule has 0 saturated heterocycles. The lowest BCUT2D eigenvalue weighted by molar-refractivity contribution is -0.136. The van der Waals surface area contributed by atoms with Crippen LogP contribution >= 0.6 is 0 Å². The van der Waals surface area contributed by atoms with E-state index in [2.05, 4.69) is 25.7 Å². The van der Waals surface area contributed by atoms with Crippen LogP contribution in [0.4, 0.5) is 0 Å². The van der Waals surface area contributed by atoms with Crippen molar-refractivity contribution >= 4 is 5.97 Å². The van der Waals surface area contributed by atoms with E-state index in [4.69, 9.17) is 5.11 Å². The van der Waals surface area contributed by atoms with Crippen LogP contribution in [0.3, 0.4) is 0 Å². The minimum atomic E-state index is -0.780. The molecule has 0 heterocycles. The van der Waals surface area contributed by atoms with E-state index in [0.717, 1.165) is 0 Å². The molecule has 0 aromatic rings. The van der Waals surface area contributed by atoms with E-state index in [1.807, 2.05) is 0 Å². The predicted octanol–water partition coefficient (Wildman–Crippen LogP) is 2.39. The van der Waals surface area contributed by atoms with E-state index in [1.165, 1.54) is 19.6 Å². The predicted molar refractivity (Wildman–Crippen MR) is 60.5 cm³/mol. The summed E-state index contributed by atoms with van der Waals surface area (Å²) < 4.78 is 0. The van der Waals surface area contributed by atoms with Gasteiger partial charge in [-0.05, 0) is 26.6 Å². The number of carboxylic acids is 1. The largest absolute Gasteiger partial charge is 0.481 e. The van der Waals surface area contributed by atoms with Crippen LogP contribution in [-0.2, 0) is 4.79 Å². The lowest BCUT2D eigenvalue weighted by Gasteiger charge is -2.13. The summed E-state index contributed by atoms with van der Waals surface area (Å²) in [4.78, 5) is 12.1. The fraction of sp³-hybridized carbons (Fsp3) is 0.727. The minimum absolute atomic E-state index is 0.135. The molecule has 3 nitrogen and oxygen atoms in total.